The maximum Gasteiger partial charge on any atom is 0.159 e. The van der Waals surface area contributed by atoms with E-state index in [-0.39, 0.29) is 57.2 Å². The summed E-state index contributed by atoms with van der Waals surface area (Å²) in [6, 6.07) is 5.72. The van der Waals surface area contributed by atoms with Gasteiger partial charge in [0.25, 0.3) is 0 Å². The molecule has 0 unspecified atom stereocenters. The fourth-order valence-corrected chi connectivity index (χ4v) is 13.3. The van der Waals surface area contributed by atoms with Crippen LogP contribution in [0.2, 0.25) is 0 Å². The lowest BCUT2D eigenvalue weighted by Gasteiger charge is -2.68. The Morgan fingerprint density at radius 2 is 1.69 bits per heavy atom. The molecule has 3 N–H and O–H groups in total. The van der Waals surface area contributed by atoms with Crippen LogP contribution in [0.1, 0.15) is 136 Å². The molecule has 10 atom stereocenters. The molecule has 7 rings (SSSR count). The van der Waals surface area contributed by atoms with E-state index in [1.165, 1.54) is 31.3 Å². The number of hydrogen-bond donors (Lipinski definition) is 3. The number of fused-ring (bicyclic) bond motifs is 5. The van der Waals surface area contributed by atoms with Crippen molar-refractivity contribution in [1.82, 2.24) is 5.32 Å². The second-order valence-electron chi connectivity index (χ2n) is 18.6. The summed E-state index contributed by atoms with van der Waals surface area (Å²) >= 11 is 0. The van der Waals surface area contributed by atoms with Gasteiger partial charge in [0.2, 0.25) is 0 Å². The summed E-state index contributed by atoms with van der Waals surface area (Å²) in [7, 11) is 1.90. The largest absolute Gasteiger partial charge is 0.508 e. The molecule has 1 aromatic rings. The number of hydrogen-bond acceptors (Lipinski definition) is 6. The van der Waals surface area contributed by atoms with Gasteiger partial charge in [-0.25, -0.2) is 0 Å². The van der Waals surface area contributed by atoms with E-state index in [2.05, 4.69) is 59.8 Å². The third-order valence-corrected chi connectivity index (χ3v) is 15.8. The highest BCUT2D eigenvalue weighted by Crippen LogP contribution is 2.75. The van der Waals surface area contributed by atoms with Crippen molar-refractivity contribution in [3.63, 3.8) is 0 Å². The van der Waals surface area contributed by atoms with Gasteiger partial charge in [-0.05, 0) is 129 Å². The molecule has 1 aromatic carbocycles. The summed E-state index contributed by atoms with van der Waals surface area (Å²) in [5.74, 6) is 1.73. The molecule has 1 aliphatic heterocycles. The lowest BCUT2D eigenvalue weighted by atomic mass is 9.35. The quantitative estimate of drug-likeness (QED) is 0.245. The first kappa shape index (κ1) is 34.4. The molecule has 6 heteroatoms. The van der Waals surface area contributed by atoms with Crippen LogP contribution in [0, 0.1) is 45.3 Å². The van der Waals surface area contributed by atoms with Crippen molar-refractivity contribution >= 4 is 11.6 Å². The lowest BCUT2D eigenvalue weighted by Crippen LogP contribution is -2.63. The van der Waals surface area contributed by atoms with Gasteiger partial charge in [0, 0.05) is 29.7 Å². The molecule has 264 valence electrons. The Hall–Kier alpha value is -2.02. The standard InChI is InChI=1S/C42H61NO5/c1-24(17-31(45)37-42(7,48-37)27-11-9-10-12-27)35-30-13-14-34-39(4)21-29(26-18-25(23-43-8)19-28(44)20-26)36(47)38(2,3)33(39)15-16-40(34,5)41(30,6)22-32(35)46/h18-20,24,27,29,31,33-34,37,43-45H,9-17,21-23H2,1-8H3/t24-,29+,31-,33-,34+,37+,39-,40+,41+,42-/m1/s1. The fourth-order valence-electron chi connectivity index (χ4n) is 13.3. The molecule has 1 heterocycles. The van der Waals surface area contributed by atoms with Crippen LogP contribution in [0.3, 0.4) is 0 Å². The summed E-state index contributed by atoms with van der Waals surface area (Å²) in [6.07, 6.45) is 10.1. The fraction of sp³-hybridized carbons (Fsp3) is 0.762. The second kappa shape index (κ2) is 11.5. The first-order chi connectivity index (χ1) is 22.5. The van der Waals surface area contributed by atoms with E-state index in [9.17, 15) is 19.8 Å². The van der Waals surface area contributed by atoms with Crippen molar-refractivity contribution in [2.45, 2.75) is 149 Å². The van der Waals surface area contributed by atoms with Gasteiger partial charge in [0.15, 0.2) is 5.78 Å². The van der Waals surface area contributed by atoms with Gasteiger partial charge in [-0.2, -0.15) is 0 Å². The minimum absolute atomic E-state index is 0.00149. The number of carbonyl (C=O) groups is 2. The van der Waals surface area contributed by atoms with Crippen LogP contribution in [-0.4, -0.2) is 46.6 Å². The maximum absolute atomic E-state index is 14.3. The first-order valence-corrected chi connectivity index (χ1v) is 19.2. The van der Waals surface area contributed by atoms with Gasteiger partial charge in [-0.1, -0.05) is 66.0 Å². The van der Waals surface area contributed by atoms with E-state index in [4.69, 9.17) is 4.74 Å². The third kappa shape index (κ3) is 4.88. The van der Waals surface area contributed by atoms with E-state index in [0.29, 0.717) is 37.0 Å². The van der Waals surface area contributed by atoms with Gasteiger partial charge in [-0.3, -0.25) is 9.59 Å². The summed E-state index contributed by atoms with van der Waals surface area (Å²) < 4.78 is 6.21. The Morgan fingerprint density at radius 1 is 0.979 bits per heavy atom. The summed E-state index contributed by atoms with van der Waals surface area (Å²) in [6.45, 7) is 16.6. The molecule has 4 saturated carbocycles. The predicted molar refractivity (Wildman–Crippen MR) is 188 cm³/mol. The molecule has 1 saturated heterocycles. The highest BCUT2D eigenvalue weighted by atomic mass is 16.6. The number of allylic oxidation sites excluding steroid dienone is 2. The zero-order valence-corrected chi connectivity index (χ0v) is 30.9. The normalized spacial score (nSPS) is 41.9. The number of aromatic hydroxyl groups is 1. The van der Waals surface area contributed by atoms with Crippen LogP contribution in [0.25, 0.3) is 0 Å². The zero-order valence-electron chi connectivity index (χ0n) is 30.9. The van der Waals surface area contributed by atoms with Crippen LogP contribution in [0.15, 0.2) is 29.3 Å². The highest BCUT2D eigenvalue weighted by Gasteiger charge is 2.69. The number of Topliss-reactive ketones (excluding diaryl/α,β-unsaturated/α-hetero) is 2. The molecule has 0 radical (unpaired) electrons. The molecule has 48 heavy (non-hydrogen) atoms. The summed E-state index contributed by atoms with van der Waals surface area (Å²) in [5, 5.41) is 25.3. The van der Waals surface area contributed by atoms with E-state index in [0.717, 1.165) is 48.8 Å². The van der Waals surface area contributed by atoms with Gasteiger partial charge in [0.1, 0.15) is 17.6 Å². The highest BCUT2D eigenvalue weighted by molar-refractivity contribution is 6.00. The molecule has 5 aliphatic carbocycles. The van der Waals surface area contributed by atoms with Crippen LogP contribution in [0.5, 0.6) is 5.75 Å². The Kier molecular flexibility index (Phi) is 8.25. The topological polar surface area (TPSA) is 99.2 Å². The second-order valence-corrected chi connectivity index (χ2v) is 18.6. The van der Waals surface area contributed by atoms with Crippen molar-refractivity contribution < 1.29 is 24.5 Å². The van der Waals surface area contributed by atoms with Crippen LogP contribution in [0.4, 0.5) is 0 Å². The Balaban J connectivity index is 1.18. The molecule has 0 aromatic heterocycles. The van der Waals surface area contributed by atoms with E-state index < -0.39 is 11.5 Å². The molecule has 6 aliphatic rings. The number of aliphatic hydroxyl groups is 1. The van der Waals surface area contributed by atoms with Gasteiger partial charge < -0.3 is 20.3 Å². The molecule has 0 bridgehead atoms. The number of rotatable bonds is 8. The maximum atomic E-state index is 14.3. The third-order valence-electron chi connectivity index (χ3n) is 15.8. The molecule has 5 fully saturated rings. The number of epoxide rings is 1. The average molecular weight is 660 g/mol. The summed E-state index contributed by atoms with van der Waals surface area (Å²) in [4.78, 5) is 28.5. The van der Waals surface area contributed by atoms with E-state index >= 15 is 0 Å². The van der Waals surface area contributed by atoms with Gasteiger partial charge in [-0.15, -0.1) is 0 Å². The van der Waals surface area contributed by atoms with Crippen molar-refractivity contribution in [2.24, 2.45) is 45.3 Å². The van der Waals surface area contributed by atoms with Gasteiger partial charge >= 0.3 is 0 Å². The molecular formula is C42H61NO5. The van der Waals surface area contributed by atoms with Crippen molar-refractivity contribution in [3.8, 4) is 5.75 Å². The Morgan fingerprint density at radius 3 is 2.38 bits per heavy atom. The zero-order chi connectivity index (χ0) is 34.6. The smallest absolute Gasteiger partial charge is 0.159 e. The molecule has 0 spiro atoms. The summed E-state index contributed by atoms with van der Waals surface area (Å²) in [5.41, 5.74) is 3.21. The molecular weight excluding hydrogens is 598 g/mol. The molecule has 6 nitrogen and oxygen atoms in total. The van der Waals surface area contributed by atoms with Gasteiger partial charge in [0.05, 0.1) is 11.7 Å². The number of aliphatic hydroxyl groups excluding tert-OH is 1. The number of ether oxygens (including phenoxy) is 1. The lowest BCUT2D eigenvalue weighted by molar-refractivity contribution is -0.183. The van der Waals surface area contributed by atoms with Crippen molar-refractivity contribution in [3.05, 3.63) is 40.5 Å². The number of ketones is 2. The SMILES string of the molecule is CNCc1cc(O)cc([C@@H]2C[C@]3(C)[C@H](CC[C@@]4(C)[C@H]3CCC3=C([C@H](C)C[C@@H](O)[C@@H]5O[C@]5(C)C5CCCC5)C(=O)C[C@@]34C)C(C)(C)C2=O)c1. The number of phenols is 1. The number of benzene rings is 1. The van der Waals surface area contributed by atoms with Crippen LogP contribution >= 0.6 is 0 Å². The first-order valence-electron chi connectivity index (χ1n) is 19.2. The van der Waals surface area contributed by atoms with Crippen molar-refractivity contribution in [1.29, 1.82) is 0 Å². The average Bonchev–Trinajstić information content (AvgIpc) is 3.31. The number of carbonyl (C=O) groups excluding carboxylic acids is 2. The van der Waals surface area contributed by atoms with Crippen LogP contribution in [-0.2, 0) is 20.9 Å². The minimum atomic E-state index is -0.551. The number of nitrogens with one attached hydrogen (secondary N) is 1. The van der Waals surface area contributed by atoms with Crippen molar-refractivity contribution in [2.75, 3.05) is 7.05 Å². The minimum Gasteiger partial charge on any atom is -0.508 e. The Labute approximate surface area is 288 Å². The monoisotopic (exact) mass is 659 g/mol. The number of phenolic OH excluding ortho intramolecular Hbond substituents is 1. The van der Waals surface area contributed by atoms with Crippen LogP contribution < -0.4 is 5.32 Å². The van der Waals surface area contributed by atoms with E-state index in [1.807, 2.05) is 13.1 Å². The Bertz CT molecular complexity index is 1520. The van der Waals surface area contributed by atoms with E-state index in [1.54, 1.807) is 6.07 Å². The molecule has 0 amide bonds. The predicted octanol–water partition coefficient (Wildman–Crippen LogP) is 8.04.